The fourth-order valence-electron chi connectivity index (χ4n) is 9.12. The van der Waals surface area contributed by atoms with Gasteiger partial charge >= 0.3 is 0 Å². The molecule has 6 atom stereocenters. The van der Waals surface area contributed by atoms with Gasteiger partial charge in [-0.2, -0.15) is 0 Å². The van der Waals surface area contributed by atoms with E-state index >= 15 is 9.18 Å². The number of fused-ring (bicyclic) bond motifs is 4. The quantitative estimate of drug-likeness (QED) is 0.183. The van der Waals surface area contributed by atoms with Crippen molar-refractivity contribution in [3.8, 4) is 5.75 Å². The lowest BCUT2D eigenvalue weighted by Gasteiger charge is -2.55. The zero-order chi connectivity index (χ0) is 34.0. The number of aryl methyl sites for hydroxylation is 1. The molecule has 0 bridgehead atoms. The minimum Gasteiger partial charge on any atom is -0.505 e. The van der Waals surface area contributed by atoms with Crippen LogP contribution >= 0.6 is 0 Å². The molecule has 0 radical (unpaired) electrons. The van der Waals surface area contributed by atoms with Crippen LogP contribution in [0.3, 0.4) is 0 Å². The number of para-hydroxylation sites is 1. The first-order valence-corrected chi connectivity index (χ1v) is 16.8. The molecule has 8 rings (SSSR count). The van der Waals surface area contributed by atoms with E-state index < -0.39 is 46.6 Å². The normalized spacial score (nSPS) is 27.6. The van der Waals surface area contributed by atoms with Crippen LogP contribution < -0.4 is 4.90 Å². The zero-order valence-electron chi connectivity index (χ0n) is 26.9. The van der Waals surface area contributed by atoms with Crippen molar-refractivity contribution in [2.45, 2.75) is 37.5 Å². The van der Waals surface area contributed by atoms with Crippen LogP contribution in [0.15, 0.2) is 121 Å². The molecule has 3 aliphatic carbocycles. The SMILES string of the molecule is CCc1ccc(N2C(=O)[C@H]3[C@H](CC=C4[C@H]3C[C@H]3C(=O)C(c5ccccc5)=CC(=O)[C@@]3(c3ccccc3)[C@H]4c3cccc(F)c3O)C2=O)cc1. The number of carbonyl (C=O) groups excluding carboxylic acids is 4. The monoisotopic (exact) mass is 651 g/mol. The summed E-state index contributed by atoms with van der Waals surface area (Å²) in [7, 11) is 0. The maximum atomic E-state index is 15.2. The highest BCUT2D eigenvalue weighted by Crippen LogP contribution is 2.64. The molecule has 49 heavy (non-hydrogen) atoms. The number of ketones is 2. The molecular formula is C42H34FNO5. The number of rotatable bonds is 5. The summed E-state index contributed by atoms with van der Waals surface area (Å²) in [6.45, 7) is 2.03. The van der Waals surface area contributed by atoms with Crippen molar-refractivity contribution in [2.75, 3.05) is 4.90 Å². The first-order valence-electron chi connectivity index (χ1n) is 16.8. The Morgan fingerprint density at radius 2 is 1.51 bits per heavy atom. The summed E-state index contributed by atoms with van der Waals surface area (Å²) in [6.07, 6.45) is 4.49. The van der Waals surface area contributed by atoms with E-state index in [0.717, 1.165) is 18.1 Å². The van der Waals surface area contributed by atoms with Crippen LogP contribution in [0.5, 0.6) is 5.75 Å². The highest BCUT2D eigenvalue weighted by molar-refractivity contribution is 6.32. The number of imide groups is 1. The summed E-state index contributed by atoms with van der Waals surface area (Å²) in [6, 6.07) is 29.7. The summed E-state index contributed by atoms with van der Waals surface area (Å²) in [5.41, 5.74) is 2.32. The van der Waals surface area contributed by atoms with E-state index in [9.17, 15) is 19.5 Å². The summed E-state index contributed by atoms with van der Waals surface area (Å²) in [5, 5.41) is 11.3. The van der Waals surface area contributed by atoms with Gasteiger partial charge < -0.3 is 5.11 Å². The minimum absolute atomic E-state index is 0.130. The van der Waals surface area contributed by atoms with Gasteiger partial charge in [-0.1, -0.05) is 104 Å². The second kappa shape index (κ2) is 11.6. The van der Waals surface area contributed by atoms with Gasteiger partial charge in [0, 0.05) is 23.0 Å². The molecule has 1 aliphatic heterocycles. The lowest BCUT2D eigenvalue weighted by atomic mass is 9.44. The Morgan fingerprint density at radius 1 is 0.816 bits per heavy atom. The van der Waals surface area contributed by atoms with Crippen molar-refractivity contribution in [2.24, 2.45) is 23.7 Å². The van der Waals surface area contributed by atoms with E-state index in [2.05, 4.69) is 0 Å². The molecule has 1 heterocycles. The molecule has 7 heteroatoms. The second-order valence-electron chi connectivity index (χ2n) is 13.5. The van der Waals surface area contributed by atoms with Crippen molar-refractivity contribution < 1.29 is 28.7 Å². The van der Waals surface area contributed by atoms with Gasteiger partial charge in [-0.15, -0.1) is 0 Å². The summed E-state index contributed by atoms with van der Waals surface area (Å²) >= 11 is 0. The average molecular weight is 652 g/mol. The van der Waals surface area contributed by atoms with E-state index in [0.29, 0.717) is 22.4 Å². The number of Topliss-reactive ketones (excluding diaryl/α,β-unsaturated/α-hetero) is 1. The topological polar surface area (TPSA) is 91.8 Å². The van der Waals surface area contributed by atoms with Crippen molar-refractivity contribution in [1.29, 1.82) is 0 Å². The molecule has 244 valence electrons. The molecule has 2 amide bonds. The summed E-state index contributed by atoms with van der Waals surface area (Å²) < 4.78 is 15.2. The predicted molar refractivity (Wildman–Crippen MR) is 183 cm³/mol. The minimum atomic E-state index is -1.54. The number of hydrogen-bond donors (Lipinski definition) is 1. The number of nitrogens with zero attached hydrogens (tertiary/aromatic N) is 1. The predicted octanol–water partition coefficient (Wildman–Crippen LogP) is 7.12. The third-order valence-electron chi connectivity index (χ3n) is 11.3. The number of anilines is 1. The summed E-state index contributed by atoms with van der Waals surface area (Å²) in [5.74, 6) is -6.71. The average Bonchev–Trinajstić information content (AvgIpc) is 3.39. The maximum Gasteiger partial charge on any atom is 0.238 e. The van der Waals surface area contributed by atoms with Crippen LogP contribution in [0.2, 0.25) is 0 Å². The van der Waals surface area contributed by atoms with E-state index in [1.807, 2.05) is 37.3 Å². The second-order valence-corrected chi connectivity index (χ2v) is 13.5. The Labute approximate surface area is 283 Å². The fourth-order valence-corrected chi connectivity index (χ4v) is 9.12. The van der Waals surface area contributed by atoms with Gasteiger partial charge in [-0.25, -0.2) is 4.39 Å². The lowest BCUT2D eigenvalue weighted by Crippen LogP contribution is -2.58. The van der Waals surface area contributed by atoms with Crippen molar-refractivity contribution in [3.63, 3.8) is 0 Å². The van der Waals surface area contributed by atoms with Gasteiger partial charge in [0.05, 0.1) is 22.9 Å². The molecule has 0 aromatic heterocycles. The number of benzene rings is 4. The molecule has 4 aliphatic rings. The van der Waals surface area contributed by atoms with Gasteiger partial charge in [-0.3, -0.25) is 24.1 Å². The van der Waals surface area contributed by atoms with Gasteiger partial charge in [0.2, 0.25) is 11.8 Å². The van der Waals surface area contributed by atoms with E-state index in [1.165, 1.54) is 17.0 Å². The number of halogens is 1. The fraction of sp³-hybridized carbons (Fsp3) is 0.238. The summed E-state index contributed by atoms with van der Waals surface area (Å²) in [4.78, 5) is 59.7. The number of phenolic OH excluding ortho intramolecular Hbond substituents is 1. The lowest BCUT2D eigenvalue weighted by molar-refractivity contribution is -0.135. The Kier molecular flexibility index (Phi) is 7.32. The van der Waals surface area contributed by atoms with Crippen molar-refractivity contribution in [1.82, 2.24) is 0 Å². The number of allylic oxidation sites excluding steroid dienone is 4. The number of hydrogen-bond acceptors (Lipinski definition) is 5. The van der Waals surface area contributed by atoms with Crippen LogP contribution in [-0.2, 0) is 31.0 Å². The van der Waals surface area contributed by atoms with Crippen LogP contribution in [0, 0.1) is 29.5 Å². The standard InChI is InChI=1S/C42H34FNO5/c1-2-24-16-18-27(19-17-24)44-40(48)29-21-20-28-32(36(29)41(44)49)22-33-38(46)31(25-10-5-3-6-11-25)23-35(45)42(33,26-12-7-4-8-13-26)37(28)30-14-9-15-34(43)39(30)47/h3-20,23,29,32-33,36-37,47H,2,21-22H2,1H3/t29-,32+,33-,36-,37+,42-/m0/s1. The number of amides is 2. The largest absolute Gasteiger partial charge is 0.505 e. The molecular weight excluding hydrogens is 617 g/mol. The number of aromatic hydroxyl groups is 1. The van der Waals surface area contributed by atoms with Crippen LogP contribution in [0.25, 0.3) is 5.57 Å². The number of carbonyl (C=O) groups is 4. The van der Waals surface area contributed by atoms with Gasteiger partial charge in [0.15, 0.2) is 23.1 Å². The van der Waals surface area contributed by atoms with Gasteiger partial charge in [-0.05, 0) is 66.1 Å². The van der Waals surface area contributed by atoms with Crippen LogP contribution in [-0.4, -0.2) is 28.5 Å². The first kappa shape index (κ1) is 30.9. The Bertz CT molecular complexity index is 2090. The maximum absolute atomic E-state index is 15.2. The molecule has 4 aromatic rings. The number of phenols is 1. The van der Waals surface area contributed by atoms with Crippen LogP contribution in [0.1, 0.15) is 47.9 Å². The molecule has 1 N–H and O–H groups in total. The Morgan fingerprint density at radius 3 is 2.20 bits per heavy atom. The third-order valence-corrected chi connectivity index (χ3v) is 11.3. The highest BCUT2D eigenvalue weighted by atomic mass is 19.1. The zero-order valence-corrected chi connectivity index (χ0v) is 26.9. The molecule has 0 unspecified atom stereocenters. The van der Waals surface area contributed by atoms with E-state index in [1.54, 1.807) is 66.7 Å². The smallest absolute Gasteiger partial charge is 0.238 e. The van der Waals surface area contributed by atoms with Crippen molar-refractivity contribution in [3.05, 3.63) is 149 Å². The van der Waals surface area contributed by atoms with E-state index in [4.69, 9.17) is 0 Å². The van der Waals surface area contributed by atoms with Gasteiger partial charge in [0.1, 0.15) is 0 Å². The molecule has 4 aromatic carbocycles. The third kappa shape index (κ3) is 4.44. The van der Waals surface area contributed by atoms with E-state index in [-0.39, 0.29) is 47.4 Å². The molecule has 1 saturated heterocycles. The Hall–Kier alpha value is -5.43. The molecule has 2 fully saturated rings. The van der Waals surface area contributed by atoms with Crippen LogP contribution in [0.4, 0.5) is 10.1 Å². The first-order chi connectivity index (χ1) is 23.8. The highest BCUT2D eigenvalue weighted by Gasteiger charge is 2.66. The van der Waals surface area contributed by atoms with Crippen molar-refractivity contribution >= 4 is 34.6 Å². The Balaban J connectivity index is 1.35. The van der Waals surface area contributed by atoms with Gasteiger partial charge in [0.25, 0.3) is 0 Å². The molecule has 0 spiro atoms. The molecule has 6 nitrogen and oxygen atoms in total. The molecule has 1 saturated carbocycles.